The number of ether oxygens (including phenoxy) is 2. The highest BCUT2D eigenvalue weighted by molar-refractivity contribution is 5.91. The Morgan fingerprint density at radius 1 is 1.25 bits per heavy atom. The van der Waals surface area contributed by atoms with Crippen LogP contribution in [0.2, 0.25) is 0 Å². The second-order valence-corrected chi connectivity index (χ2v) is 5.57. The van der Waals surface area contributed by atoms with Crippen LogP contribution in [0, 0.1) is 5.92 Å². The number of nitrogens with zero attached hydrogens (tertiary/aromatic N) is 1. The SMILES string of the molecule is COCCOCCN1C(=O)C(C2CC2)NC(=O)CC1C. The van der Waals surface area contributed by atoms with Crippen LogP contribution in [0.15, 0.2) is 0 Å². The van der Waals surface area contributed by atoms with Gasteiger partial charge in [-0.1, -0.05) is 0 Å². The molecule has 0 bridgehead atoms. The molecule has 0 aromatic carbocycles. The highest BCUT2D eigenvalue weighted by Crippen LogP contribution is 2.34. The minimum Gasteiger partial charge on any atom is -0.382 e. The molecule has 2 atom stereocenters. The molecule has 20 heavy (non-hydrogen) atoms. The van der Waals surface area contributed by atoms with E-state index in [0.29, 0.717) is 38.7 Å². The van der Waals surface area contributed by atoms with Crippen molar-refractivity contribution >= 4 is 11.8 Å². The molecule has 0 spiro atoms. The average Bonchev–Trinajstić information content (AvgIpc) is 3.23. The summed E-state index contributed by atoms with van der Waals surface area (Å²) in [6.45, 7) is 4.00. The first-order chi connectivity index (χ1) is 9.63. The topological polar surface area (TPSA) is 67.9 Å². The molecule has 1 aliphatic heterocycles. The number of nitrogens with one attached hydrogen (secondary N) is 1. The van der Waals surface area contributed by atoms with Crippen LogP contribution in [0.1, 0.15) is 26.2 Å². The van der Waals surface area contributed by atoms with Gasteiger partial charge in [0.05, 0.1) is 19.8 Å². The quantitative estimate of drug-likeness (QED) is 0.677. The third-order valence-electron chi connectivity index (χ3n) is 3.88. The third-order valence-corrected chi connectivity index (χ3v) is 3.88. The number of methoxy groups -OCH3 is 1. The van der Waals surface area contributed by atoms with Crippen molar-refractivity contribution in [3.8, 4) is 0 Å². The van der Waals surface area contributed by atoms with Crippen LogP contribution in [0.25, 0.3) is 0 Å². The maximum Gasteiger partial charge on any atom is 0.245 e. The van der Waals surface area contributed by atoms with Crippen LogP contribution < -0.4 is 5.32 Å². The van der Waals surface area contributed by atoms with Gasteiger partial charge in [-0.25, -0.2) is 0 Å². The summed E-state index contributed by atoms with van der Waals surface area (Å²) in [7, 11) is 1.63. The molecule has 0 radical (unpaired) electrons. The number of carbonyl (C=O) groups is 2. The van der Waals surface area contributed by atoms with E-state index in [0.717, 1.165) is 12.8 Å². The molecule has 1 heterocycles. The number of hydrogen-bond acceptors (Lipinski definition) is 4. The third kappa shape index (κ3) is 3.93. The molecule has 114 valence electrons. The standard InChI is InChI=1S/C14H24N2O4/c1-10-9-12(17)15-13(11-3-4-11)14(18)16(10)5-6-20-8-7-19-2/h10-11,13H,3-9H2,1-2H3,(H,15,17). The van der Waals surface area contributed by atoms with Crippen LogP contribution >= 0.6 is 0 Å². The maximum absolute atomic E-state index is 12.5. The van der Waals surface area contributed by atoms with Gasteiger partial charge in [-0.15, -0.1) is 0 Å². The minimum atomic E-state index is -0.327. The summed E-state index contributed by atoms with van der Waals surface area (Å²) in [6.07, 6.45) is 2.43. The monoisotopic (exact) mass is 284 g/mol. The normalized spacial score (nSPS) is 27.4. The van der Waals surface area contributed by atoms with E-state index >= 15 is 0 Å². The second kappa shape index (κ2) is 7.04. The second-order valence-electron chi connectivity index (χ2n) is 5.57. The lowest BCUT2D eigenvalue weighted by molar-refractivity contribution is -0.136. The Bertz CT molecular complexity index is 357. The van der Waals surface area contributed by atoms with Gasteiger partial charge in [-0.3, -0.25) is 9.59 Å². The molecule has 2 unspecified atom stereocenters. The molecule has 1 saturated heterocycles. The molecular formula is C14H24N2O4. The number of rotatable bonds is 7. The molecule has 0 aromatic rings. The van der Waals surface area contributed by atoms with Crippen molar-refractivity contribution in [2.45, 2.75) is 38.3 Å². The van der Waals surface area contributed by atoms with Gasteiger partial charge in [0, 0.05) is 26.1 Å². The summed E-state index contributed by atoms with van der Waals surface area (Å²) < 4.78 is 10.3. The van der Waals surface area contributed by atoms with Crippen LogP contribution in [-0.2, 0) is 19.1 Å². The molecule has 6 nitrogen and oxygen atoms in total. The lowest BCUT2D eigenvalue weighted by Crippen LogP contribution is -2.48. The fraction of sp³-hybridized carbons (Fsp3) is 0.857. The van der Waals surface area contributed by atoms with E-state index in [2.05, 4.69) is 5.32 Å². The van der Waals surface area contributed by atoms with Crippen LogP contribution in [-0.4, -0.2) is 62.3 Å². The van der Waals surface area contributed by atoms with Crippen LogP contribution in [0.5, 0.6) is 0 Å². The molecular weight excluding hydrogens is 260 g/mol. The van der Waals surface area contributed by atoms with Gasteiger partial charge in [0.25, 0.3) is 0 Å². The fourth-order valence-electron chi connectivity index (χ4n) is 2.56. The predicted molar refractivity (Wildman–Crippen MR) is 73.1 cm³/mol. The molecule has 2 fully saturated rings. The first-order valence-corrected chi connectivity index (χ1v) is 7.30. The Kier molecular flexibility index (Phi) is 5.37. The molecule has 0 aromatic heterocycles. The van der Waals surface area contributed by atoms with E-state index in [1.54, 1.807) is 12.0 Å². The van der Waals surface area contributed by atoms with E-state index < -0.39 is 0 Å². The summed E-state index contributed by atoms with van der Waals surface area (Å²) in [6, 6.07) is -0.399. The lowest BCUT2D eigenvalue weighted by atomic mass is 10.1. The molecule has 2 amide bonds. The van der Waals surface area contributed by atoms with E-state index in [-0.39, 0.29) is 23.9 Å². The van der Waals surface area contributed by atoms with Gasteiger partial charge in [-0.2, -0.15) is 0 Å². The van der Waals surface area contributed by atoms with Crippen molar-refractivity contribution in [3.63, 3.8) is 0 Å². The first kappa shape index (κ1) is 15.3. The largest absolute Gasteiger partial charge is 0.382 e. The van der Waals surface area contributed by atoms with Gasteiger partial charge in [-0.05, 0) is 25.7 Å². The smallest absolute Gasteiger partial charge is 0.245 e. The minimum absolute atomic E-state index is 0.0226. The van der Waals surface area contributed by atoms with Gasteiger partial charge >= 0.3 is 0 Å². The molecule has 6 heteroatoms. The van der Waals surface area contributed by atoms with Gasteiger partial charge < -0.3 is 19.7 Å². The average molecular weight is 284 g/mol. The van der Waals surface area contributed by atoms with Crippen molar-refractivity contribution in [2.75, 3.05) is 33.5 Å². The lowest BCUT2D eigenvalue weighted by Gasteiger charge is -2.28. The molecule has 1 aliphatic carbocycles. The van der Waals surface area contributed by atoms with Gasteiger partial charge in [0.2, 0.25) is 11.8 Å². The molecule has 2 rings (SSSR count). The Morgan fingerprint density at radius 3 is 2.65 bits per heavy atom. The summed E-state index contributed by atoms with van der Waals surface area (Å²) in [4.78, 5) is 26.1. The van der Waals surface area contributed by atoms with Crippen LogP contribution in [0.3, 0.4) is 0 Å². The molecule has 1 N–H and O–H groups in total. The van der Waals surface area contributed by atoms with Crippen molar-refractivity contribution < 1.29 is 19.1 Å². The van der Waals surface area contributed by atoms with Gasteiger partial charge in [0.15, 0.2) is 0 Å². The Balaban J connectivity index is 1.89. The van der Waals surface area contributed by atoms with E-state index in [9.17, 15) is 9.59 Å². The zero-order chi connectivity index (χ0) is 14.5. The summed E-state index contributed by atoms with van der Waals surface area (Å²) in [5.74, 6) is 0.348. The summed E-state index contributed by atoms with van der Waals surface area (Å²) >= 11 is 0. The Labute approximate surface area is 119 Å². The summed E-state index contributed by atoms with van der Waals surface area (Å²) in [5.41, 5.74) is 0. The highest BCUT2D eigenvalue weighted by atomic mass is 16.5. The summed E-state index contributed by atoms with van der Waals surface area (Å²) in [5, 5.41) is 2.87. The maximum atomic E-state index is 12.5. The molecule has 2 aliphatic rings. The Hall–Kier alpha value is -1.14. The first-order valence-electron chi connectivity index (χ1n) is 7.30. The highest BCUT2D eigenvalue weighted by Gasteiger charge is 2.42. The zero-order valence-corrected chi connectivity index (χ0v) is 12.3. The van der Waals surface area contributed by atoms with Gasteiger partial charge in [0.1, 0.15) is 6.04 Å². The number of hydrogen-bond donors (Lipinski definition) is 1. The fourth-order valence-corrected chi connectivity index (χ4v) is 2.56. The number of carbonyl (C=O) groups excluding carboxylic acids is 2. The van der Waals surface area contributed by atoms with Crippen molar-refractivity contribution in [2.24, 2.45) is 5.92 Å². The number of amides is 2. The van der Waals surface area contributed by atoms with Crippen molar-refractivity contribution in [1.29, 1.82) is 0 Å². The van der Waals surface area contributed by atoms with E-state index in [1.165, 1.54) is 0 Å². The zero-order valence-electron chi connectivity index (χ0n) is 12.3. The van der Waals surface area contributed by atoms with E-state index in [4.69, 9.17) is 9.47 Å². The van der Waals surface area contributed by atoms with Crippen molar-refractivity contribution in [3.05, 3.63) is 0 Å². The Morgan fingerprint density at radius 2 is 2.00 bits per heavy atom. The van der Waals surface area contributed by atoms with E-state index in [1.807, 2.05) is 6.92 Å². The molecule has 1 saturated carbocycles. The van der Waals surface area contributed by atoms with Crippen molar-refractivity contribution in [1.82, 2.24) is 10.2 Å². The predicted octanol–water partition coefficient (Wildman–Crippen LogP) is 0.165. The van der Waals surface area contributed by atoms with Crippen LogP contribution in [0.4, 0.5) is 0 Å².